The number of ether oxygens (including phenoxy) is 2. The summed E-state index contributed by atoms with van der Waals surface area (Å²) in [5.41, 5.74) is 1.98. The van der Waals surface area contributed by atoms with Crippen LogP contribution in [0.5, 0.6) is 11.5 Å². The molecular weight excluding hydrogens is 332 g/mol. The second-order valence-electron chi connectivity index (χ2n) is 5.74. The maximum absolute atomic E-state index is 5.95. The van der Waals surface area contributed by atoms with Crippen molar-refractivity contribution >= 4 is 22.1 Å². The van der Waals surface area contributed by atoms with Crippen LogP contribution in [0, 0.1) is 0 Å². The highest BCUT2D eigenvalue weighted by atomic mass is 32.1. The molecule has 4 nitrogen and oxygen atoms in total. The Morgan fingerprint density at radius 1 is 1.08 bits per heavy atom. The molecule has 0 amide bonds. The Kier molecular flexibility index (Phi) is 5.56. The Hall–Kier alpha value is -2.11. The molecule has 0 saturated heterocycles. The third kappa shape index (κ3) is 3.48. The normalized spacial score (nSPS) is 12.3. The van der Waals surface area contributed by atoms with Crippen LogP contribution in [0.2, 0.25) is 0 Å². The quantitative estimate of drug-likeness (QED) is 0.644. The predicted molar refractivity (Wildman–Crippen MR) is 105 cm³/mol. The number of thiazole rings is 1. The molecule has 1 aromatic heterocycles. The van der Waals surface area contributed by atoms with E-state index >= 15 is 0 Å². The number of benzene rings is 2. The van der Waals surface area contributed by atoms with Gasteiger partial charge in [-0.1, -0.05) is 24.3 Å². The van der Waals surface area contributed by atoms with Crippen molar-refractivity contribution in [1.29, 1.82) is 0 Å². The van der Waals surface area contributed by atoms with Gasteiger partial charge in [-0.2, -0.15) is 0 Å². The zero-order chi connectivity index (χ0) is 17.8. The van der Waals surface area contributed by atoms with Gasteiger partial charge in [0.25, 0.3) is 0 Å². The van der Waals surface area contributed by atoms with E-state index in [0.29, 0.717) is 13.2 Å². The molecule has 0 aliphatic carbocycles. The van der Waals surface area contributed by atoms with E-state index in [4.69, 9.17) is 14.5 Å². The molecule has 0 saturated carbocycles. The molecule has 1 heterocycles. The summed E-state index contributed by atoms with van der Waals surface area (Å²) in [5.74, 6) is 1.67. The minimum atomic E-state index is 0.225. The molecular formula is C20H24N2O2S. The number of rotatable bonds is 7. The Morgan fingerprint density at radius 3 is 2.44 bits per heavy atom. The van der Waals surface area contributed by atoms with Crippen LogP contribution in [0.4, 0.5) is 0 Å². The number of nitrogens with zero attached hydrogens (tertiary/aromatic N) is 1. The van der Waals surface area contributed by atoms with Gasteiger partial charge in [-0.25, -0.2) is 4.98 Å². The Labute approximate surface area is 152 Å². The van der Waals surface area contributed by atoms with E-state index in [1.807, 2.05) is 39.1 Å². The second-order valence-corrected chi connectivity index (χ2v) is 6.63. The van der Waals surface area contributed by atoms with E-state index in [-0.39, 0.29) is 6.04 Å². The third-order valence-corrected chi connectivity index (χ3v) is 5.18. The minimum Gasteiger partial charge on any atom is -0.493 e. The van der Waals surface area contributed by atoms with Crippen LogP contribution in [-0.4, -0.2) is 25.2 Å². The summed E-state index contributed by atoms with van der Waals surface area (Å²) < 4.78 is 11.8. The lowest BCUT2D eigenvalue weighted by Gasteiger charge is -2.16. The number of fused-ring (bicyclic) bond motifs is 1. The van der Waals surface area contributed by atoms with Gasteiger partial charge in [0.05, 0.1) is 30.5 Å². The molecule has 0 fully saturated rings. The smallest absolute Gasteiger partial charge is 0.133 e. The summed E-state index contributed by atoms with van der Waals surface area (Å²) >= 11 is 1.67. The van der Waals surface area contributed by atoms with Crippen LogP contribution in [0.15, 0.2) is 35.7 Å². The van der Waals surface area contributed by atoms with E-state index in [1.54, 1.807) is 11.3 Å². The first-order valence-corrected chi connectivity index (χ1v) is 9.51. The first kappa shape index (κ1) is 17.7. The van der Waals surface area contributed by atoms with Gasteiger partial charge in [-0.3, -0.25) is 0 Å². The van der Waals surface area contributed by atoms with Crippen molar-refractivity contribution in [1.82, 2.24) is 10.3 Å². The number of hydrogen-bond donors (Lipinski definition) is 1. The van der Waals surface area contributed by atoms with E-state index in [2.05, 4.69) is 29.8 Å². The van der Waals surface area contributed by atoms with Crippen LogP contribution < -0.4 is 14.8 Å². The van der Waals surface area contributed by atoms with Gasteiger partial charge in [0.1, 0.15) is 16.5 Å². The molecule has 2 aromatic carbocycles. The van der Waals surface area contributed by atoms with Gasteiger partial charge in [0.2, 0.25) is 0 Å². The van der Waals surface area contributed by atoms with Crippen LogP contribution in [0.25, 0.3) is 22.0 Å². The van der Waals surface area contributed by atoms with Crippen molar-refractivity contribution in [3.63, 3.8) is 0 Å². The first-order valence-electron chi connectivity index (χ1n) is 8.63. The Balaban J connectivity index is 2.23. The average molecular weight is 356 g/mol. The Morgan fingerprint density at radius 2 is 1.76 bits per heavy atom. The third-order valence-electron chi connectivity index (χ3n) is 4.15. The summed E-state index contributed by atoms with van der Waals surface area (Å²) in [7, 11) is 1.95. The van der Waals surface area contributed by atoms with Gasteiger partial charge < -0.3 is 14.8 Å². The topological polar surface area (TPSA) is 43.4 Å². The summed E-state index contributed by atoms with van der Waals surface area (Å²) in [4.78, 5) is 4.86. The summed E-state index contributed by atoms with van der Waals surface area (Å²) in [6.45, 7) is 7.32. The summed E-state index contributed by atoms with van der Waals surface area (Å²) in [5, 5.41) is 8.60. The molecule has 1 atom stereocenters. The van der Waals surface area contributed by atoms with Gasteiger partial charge in [-0.05, 0) is 33.2 Å². The monoisotopic (exact) mass is 356 g/mol. The zero-order valence-corrected chi connectivity index (χ0v) is 15.9. The molecule has 3 aromatic rings. The molecule has 25 heavy (non-hydrogen) atoms. The van der Waals surface area contributed by atoms with Crippen molar-refractivity contribution in [3.8, 4) is 22.8 Å². The molecule has 0 bridgehead atoms. The van der Waals surface area contributed by atoms with E-state index in [9.17, 15) is 0 Å². The van der Waals surface area contributed by atoms with Gasteiger partial charge in [0, 0.05) is 16.8 Å². The molecule has 0 aliphatic rings. The van der Waals surface area contributed by atoms with E-state index < -0.39 is 0 Å². The number of aromatic nitrogens is 1. The molecule has 1 unspecified atom stereocenters. The average Bonchev–Trinajstić information content (AvgIpc) is 3.11. The van der Waals surface area contributed by atoms with Crippen molar-refractivity contribution in [2.45, 2.75) is 26.8 Å². The highest BCUT2D eigenvalue weighted by molar-refractivity contribution is 7.10. The maximum atomic E-state index is 5.95. The lowest BCUT2D eigenvalue weighted by atomic mass is 10.0. The molecule has 1 N–H and O–H groups in total. The molecule has 132 valence electrons. The number of hydrogen-bond acceptors (Lipinski definition) is 5. The van der Waals surface area contributed by atoms with Crippen LogP contribution in [0.1, 0.15) is 31.8 Å². The van der Waals surface area contributed by atoms with Gasteiger partial charge >= 0.3 is 0 Å². The SMILES string of the molecule is CCOc1cc(OCC)c2ccccc2c1-c1csc(C(C)NC)n1. The summed E-state index contributed by atoms with van der Waals surface area (Å²) in [6, 6.07) is 10.5. The van der Waals surface area contributed by atoms with Crippen molar-refractivity contribution in [2.75, 3.05) is 20.3 Å². The molecule has 3 rings (SSSR count). The fourth-order valence-corrected chi connectivity index (χ4v) is 3.73. The molecule has 5 heteroatoms. The van der Waals surface area contributed by atoms with Crippen molar-refractivity contribution < 1.29 is 9.47 Å². The first-order chi connectivity index (χ1) is 12.2. The van der Waals surface area contributed by atoms with Crippen LogP contribution in [-0.2, 0) is 0 Å². The number of nitrogens with one attached hydrogen (secondary N) is 1. The molecule has 0 spiro atoms. The molecule has 0 aliphatic heterocycles. The van der Waals surface area contributed by atoms with Gasteiger partial charge in [0.15, 0.2) is 0 Å². The highest BCUT2D eigenvalue weighted by Crippen LogP contribution is 2.42. The van der Waals surface area contributed by atoms with Crippen molar-refractivity contribution in [2.24, 2.45) is 0 Å². The van der Waals surface area contributed by atoms with Gasteiger partial charge in [-0.15, -0.1) is 11.3 Å². The van der Waals surface area contributed by atoms with E-state index in [1.165, 1.54) is 0 Å². The highest BCUT2D eigenvalue weighted by Gasteiger charge is 2.19. The van der Waals surface area contributed by atoms with Crippen LogP contribution >= 0.6 is 11.3 Å². The predicted octanol–water partition coefficient (Wildman–Crippen LogP) is 5.04. The minimum absolute atomic E-state index is 0.225. The maximum Gasteiger partial charge on any atom is 0.133 e. The Bertz CT molecular complexity index is 860. The fourth-order valence-electron chi connectivity index (χ4n) is 2.85. The lowest BCUT2D eigenvalue weighted by molar-refractivity contribution is 0.327. The molecule has 0 radical (unpaired) electrons. The summed E-state index contributed by atoms with van der Waals surface area (Å²) in [6.07, 6.45) is 0. The van der Waals surface area contributed by atoms with Crippen molar-refractivity contribution in [3.05, 3.63) is 40.7 Å². The second kappa shape index (κ2) is 7.85. The largest absolute Gasteiger partial charge is 0.493 e. The van der Waals surface area contributed by atoms with E-state index in [0.717, 1.165) is 38.5 Å². The fraction of sp³-hybridized carbons (Fsp3) is 0.350. The van der Waals surface area contributed by atoms with Crippen LogP contribution in [0.3, 0.4) is 0 Å². The standard InChI is InChI=1S/C20H24N2O2S/c1-5-23-17-11-18(24-6-2)19(15-10-8-7-9-14(15)17)16-12-25-20(22-16)13(3)21-4/h7-13,21H,5-6H2,1-4H3. The zero-order valence-electron chi connectivity index (χ0n) is 15.1. The lowest BCUT2D eigenvalue weighted by Crippen LogP contribution is -2.11.